The van der Waals surface area contributed by atoms with Gasteiger partial charge in [0.2, 0.25) is 6.54 Å². The molecule has 4 heteroatoms. The summed E-state index contributed by atoms with van der Waals surface area (Å²) in [7, 11) is 0. The fourth-order valence-electron chi connectivity index (χ4n) is 0.194. The molecule has 0 fully saturated rings. The highest BCUT2D eigenvalue weighted by Crippen LogP contribution is 1.81. The molecule has 0 aromatic carbocycles. The predicted octanol–water partition coefficient (Wildman–Crippen LogP) is 0.851. The van der Waals surface area contributed by atoms with E-state index in [2.05, 4.69) is 12.6 Å². The number of nitrogens with zero attached hydrogens (tertiary/aromatic N) is 1. The van der Waals surface area contributed by atoms with Gasteiger partial charge in [0.15, 0.2) is 0 Å². The fraction of sp³-hybridized carbons (Fsp3) is 1.00. The Morgan fingerprint density at radius 3 is 2.43 bits per heavy atom. The molecule has 0 spiro atoms. The van der Waals surface area contributed by atoms with Crippen LogP contribution in [0.25, 0.3) is 0 Å². The maximum atomic E-state index is 9.52. The summed E-state index contributed by atoms with van der Waals surface area (Å²) in [6.07, 6.45) is 0.516. The van der Waals surface area contributed by atoms with Crippen molar-refractivity contribution < 1.29 is 4.92 Å². The Hall–Kier alpha value is -0.250. The van der Waals surface area contributed by atoms with Crippen LogP contribution >= 0.6 is 12.6 Å². The second-order valence-electron chi connectivity index (χ2n) is 1.11. The molecule has 0 unspecified atom stereocenters. The first-order valence-electron chi connectivity index (χ1n) is 1.97. The van der Waals surface area contributed by atoms with Gasteiger partial charge in [-0.2, -0.15) is 0 Å². The lowest BCUT2D eigenvalue weighted by molar-refractivity contribution is -0.479. The molecule has 0 aromatic heterocycles. The first-order valence-corrected chi connectivity index (χ1v) is 2.55. The van der Waals surface area contributed by atoms with Gasteiger partial charge in [-0.25, -0.2) is 0 Å². The summed E-state index contributed by atoms with van der Waals surface area (Å²) in [5.41, 5.74) is 0. The number of hydrogen-bond acceptors (Lipinski definition) is 2. The first kappa shape index (κ1) is 6.75. The van der Waals surface area contributed by atoms with Gasteiger partial charge in [-0.05, 0) is 0 Å². The molecule has 0 aliphatic carbocycles. The summed E-state index contributed by atoms with van der Waals surface area (Å²) in [6.45, 7) is 0.0174. The van der Waals surface area contributed by atoms with Crippen LogP contribution in [-0.4, -0.2) is 17.2 Å². The van der Waals surface area contributed by atoms with E-state index in [-0.39, 0.29) is 11.5 Å². The lowest BCUT2D eigenvalue weighted by Gasteiger charge is -1.84. The number of nitro groups is 1. The topological polar surface area (TPSA) is 43.1 Å². The molecule has 0 saturated heterocycles. The average molecular weight is 120 g/mol. The van der Waals surface area contributed by atoms with E-state index in [9.17, 15) is 10.1 Å². The van der Waals surface area contributed by atoms with Crippen molar-refractivity contribution in [2.45, 2.75) is 6.42 Å². The molecule has 41 valence electrons. The van der Waals surface area contributed by atoms with Crippen molar-refractivity contribution in [2.75, 3.05) is 12.3 Å². The van der Waals surface area contributed by atoms with Crippen molar-refractivity contribution in [3.63, 3.8) is 0 Å². The minimum absolute atomic E-state index is 0.0174. The van der Waals surface area contributed by atoms with E-state index >= 15 is 0 Å². The Balaban J connectivity index is 2.82. The van der Waals surface area contributed by atoms with E-state index in [1.54, 1.807) is 0 Å². The van der Waals surface area contributed by atoms with E-state index in [0.717, 1.165) is 0 Å². The normalized spacial score (nSPS) is 8.71. The van der Waals surface area contributed by atoms with Crippen molar-refractivity contribution in [3.8, 4) is 0 Å². The zero-order valence-electron chi connectivity index (χ0n) is 3.79. The second kappa shape index (κ2) is 3.92. The Morgan fingerprint density at radius 2 is 2.29 bits per heavy atom. The highest BCUT2D eigenvalue weighted by Gasteiger charge is 1.91. The van der Waals surface area contributed by atoms with Gasteiger partial charge in [0.25, 0.3) is 0 Å². The highest BCUT2D eigenvalue weighted by atomic mass is 32.1. The molecule has 0 aromatic rings. The second-order valence-corrected chi connectivity index (χ2v) is 1.52. The molecule has 0 N–H and O–H groups in total. The monoisotopic (exact) mass is 120 g/mol. The standard InChI is InChI=1S/C3H6NO2S/c5-4(6)2-1-3-7/h1-3H2. The van der Waals surface area contributed by atoms with Crippen LogP contribution in [0.3, 0.4) is 0 Å². The maximum Gasteiger partial charge on any atom is 0.204 e. The van der Waals surface area contributed by atoms with E-state index in [4.69, 9.17) is 0 Å². The van der Waals surface area contributed by atoms with Crippen molar-refractivity contribution in [1.82, 2.24) is 0 Å². The van der Waals surface area contributed by atoms with Crippen LogP contribution in [0, 0.1) is 10.1 Å². The van der Waals surface area contributed by atoms with Gasteiger partial charge in [0.05, 0.1) is 0 Å². The molecule has 0 bridgehead atoms. The van der Waals surface area contributed by atoms with Crippen LogP contribution in [0.4, 0.5) is 0 Å². The van der Waals surface area contributed by atoms with Crippen molar-refractivity contribution in [3.05, 3.63) is 10.1 Å². The zero-order chi connectivity index (χ0) is 5.70. The summed E-state index contributed by atoms with van der Waals surface area (Å²) < 4.78 is 0. The summed E-state index contributed by atoms with van der Waals surface area (Å²) in [4.78, 5) is 9.16. The molecule has 0 atom stereocenters. The molecule has 3 nitrogen and oxygen atoms in total. The molecule has 7 heavy (non-hydrogen) atoms. The van der Waals surface area contributed by atoms with Gasteiger partial charge in [-0.3, -0.25) is 10.1 Å². The number of hydrogen-bond donors (Lipinski definition) is 0. The van der Waals surface area contributed by atoms with Crippen LogP contribution < -0.4 is 0 Å². The highest BCUT2D eigenvalue weighted by molar-refractivity contribution is 7.80. The summed E-state index contributed by atoms with van der Waals surface area (Å²) >= 11 is 4.47. The molecule has 0 saturated carbocycles. The van der Waals surface area contributed by atoms with Gasteiger partial charge in [0.1, 0.15) is 0 Å². The Bertz CT molecular complexity index is 66.0. The average Bonchev–Trinajstić information content (AvgIpc) is 1.61. The Kier molecular flexibility index (Phi) is 3.78. The van der Waals surface area contributed by atoms with Gasteiger partial charge < -0.3 is 0 Å². The van der Waals surface area contributed by atoms with E-state index in [1.165, 1.54) is 0 Å². The van der Waals surface area contributed by atoms with Gasteiger partial charge in [-0.1, -0.05) is 12.6 Å². The smallest absolute Gasteiger partial charge is 0.204 e. The van der Waals surface area contributed by atoms with E-state index in [0.29, 0.717) is 12.2 Å². The van der Waals surface area contributed by atoms with Crippen molar-refractivity contribution >= 4 is 12.6 Å². The van der Waals surface area contributed by atoms with Crippen LogP contribution in [0.15, 0.2) is 0 Å². The van der Waals surface area contributed by atoms with Crippen LogP contribution in [0.2, 0.25) is 0 Å². The molecule has 0 rings (SSSR count). The van der Waals surface area contributed by atoms with E-state index < -0.39 is 0 Å². The molecule has 0 aliphatic rings. The molecule has 1 radical (unpaired) electrons. The lowest BCUT2D eigenvalue weighted by atomic mass is 10.5. The molecule has 0 aliphatic heterocycles. The fourth-order valence-corrected chi connectivity index (χ4v) is 0.323. The largest absolute Gasteiger partial charge is 0.265 e. The third-order valence-electron chi connectivity index (χ3n) is 0.485. The Labute approximate surface area is 47.3 Å². The third-order valence-corrected chi connectivity index (χ3v) is 0.774. The lowest BCUT2D eigenvalue weighted by Crippen LogP contribution is -1.99. The minimum Gasteiger partial charge on any atom is -0.265 e. The van der Waals surface area contributed by atoms with Crippen LogP contribution in [0.1, 0.15) is 6.42 Å². The minimum atomic E-state index is -0.355. The van der Waals surface area contributed by atoms with Crippen LogP contribution in [-0.2, 0) is 0 Å². The summed E-state index contributed by atoms with van der Waals surface area (Å²) in [5, 5.41) is 9.52. The molecular weight excluding hydrogens is 114 g/mol. The number of rotatable bonds is 3. The maximum absolute atomic E-state index is 9.52. The summed E-state index contributed by atoms with van der Waals surface area (Å²) in [6, 6.07) is 0. The molecule has 0 amide bonds. The van der Waals surface area contributed by atoms with Gasteiger partial charge >= 0.3 is 0 Å². The van der Waals surface area contributed by atoms with E-state index in [1.807, 2.05) is 0 Å². The third kappa shape index (κ3) is 5.75. The van der Waals surface area contributed by atoms with Crippen molar-refractivity contribution in [2.24, 2.45) is 0 Å². The zero-order valence-corrected chi connectivity index (χ0v) is 4.61. The predicted molar refractivity (Wildman–Crippen MR) is 28.9 cm³/mol. The Morgan fingerprint density at radius 1 is 1.71 bits per heavy atom. The SMILES string of the molecule is O=[N+]([O-])CCC[S]. The van der Waals surface area contributed by atoms with Gasteiger partial charge in [0, 0.05) is 17.1 Å². The van der Waals surface area contributed by atoms with Crippen molar-refractivity contribution in [1.29, 1.82) is 0 Å². The van der Waals surface area contributed by atoms with Gasteiger partial charge in [-0.15, -0.1) is 0 Å². The first-order chi connectivity index (χ1) is 3.27. The van der Waals surface area contributed by atoms with Crippen LogP contribution in [0.5, 0.6) is 0 Å². The molecular formula is C3H6NO2S. The summed E-state index contributed by atoms with van der Waals surface area (Å²) in [5.74, 6) is 0.487. The quantitative estimate of drug-likeness (QED) is 0.409. The molecule has 0 heterocycles.